The van der Waals surface area contributed by atoms with Crippen LogP contribution in [0.4, 0.5) is 0 Å². The quantitative estimate of drug-likeness (QED) is 0.273. The molecule has 34 heavy (non-hydrogen) atoms. The monoisotopic (exact) mass is 586 g/mol. The summed E-state index contributed by atoms with van der Waals surface area (Å²) < 4.78 is 12.6. The lowest BCUT2D eigenvalue weighted by Gasteiger charge is -2.05. The second kappa shape index (κ2) is 13.3. The third kappa shape index (κ3) is 9.16. The van der Waals surface area contributed by atoms with Gasteiger partial charge < -0.3 is 9.47 Å². The van der Waals surface area contributed by atoms with Crippen LogP contribution >= 0.6 is 31.9 Å². The first-order valence-corrected chi connectivity index (χ1v) is 11.6. The SMILES string of the molecule is O=C(COc1ccc(Br)cc1)N/N=C/c1ccc(/C=N/NC(=O)COc2ccc(Br)cc2)cc1. The number of nitrogens with one attached hydrogen (secondary N) is 2. The summed E-state index contributed by atoms with van der Waals surface area (Å²) in [6.45, 7) is -0.289. The van der Waals surface area contributed by atoms with E-state index in [1.165, 1.54) is 12.4 Å². The van der Waals surface area contributed by atoms with Gasteiger partial charge in [0.15, 0.2) is 13.2 Å². The van der Waals surface area contributed by atoms with Gasteiger partial charge in [0, 0.05) is 8.95 Å². The van der Waals surface area contributed by atoms with Crippen molar-refractivity contribution in [3.63, 3.8) is 0 Å². The topological polar surface area (TPSA) is 101 Å². The minimum atomic E-state index is -0.372. The normalized spacial score (nSPS) is 10.9. The Bertz CT molecular complexity index is 1060. The maximum atomic E-state index is 11.8. The van der Waals surface area contributed by atoms with Crippen molar-refractivity contribution in [2.75, 3.05) is 13.2 Å². The largest absolute Gasteiger partial charge is 0.484 e. The minimum absolute atomic E-state index is 0.145. The summed E-state index contributed by atoms with van der Waals surface area (Å²) in [5, 5.41) is 7.83. The Morgan fingerprint density at radius 2 is 1.00 bits per heavy atom. The van der Waals surface area contributed by atoms with Crippen molar-refractivity contribution in [1.82, 2.24) is 10.9 Å². The van der Waals surface area contributed by atoms with E-state index in [1.807, 2.05) is 24.3 Å². The zero-order valence-electron chi connectivity index (χ0n) is 17.8. The molecule has 3 aromatic rings. The molecule has 0 aromatic heterocycles. The van der Waals surface area contributed by atoms with Gasteiger partial charge in [0.25, 0.3) is 11.8 Å². The van der Waals surface area contributed by atoms with E-state index in [4.69, 9.17) is 9.47 Å². The van der Waals surface area contributed by atoms with Crippen LogP contribution in [0.25, 0.3) is 0 Å². The molecule has 0 bridgehead atoms. The van der Waals surface area contributed by atoms with Crippen molar-refractivity contribution in [2.24, 2.45) is 10.2 Å². The Balaban J connectivity index is 1.36. The average Bonchev–Trinajstić information content (AvgIpc) is 2.84. The fraction of sp³-hybridized carbons (Fsp3) is 0.0833. The highest BCUT2D eigenvalue weighted by Gasteiger charge is 2.02. The van der Waals surface area contributed by atoms with Gasteiger partial charge in [-0.1, -0.05) is 56.1 Å². The Labute approximate surface area is 213 Å². The minimum Gasteiger partial charge on any atom is -0.484 e. The van der Waals surface area contributed by atoms with E-state index in [2.05, 4.69) is 52.9 Å². The first kappa shape index (κ1) is 25.1. The highest BCUT2D eigenvalue weighted by atomic mass is 79.9. The van der Waals surface area contributed by atoms with Gasteiger partial charge in [-0.05, 0) is 59.7 Å². The summed E-state index contributed by atoms with van der Waals surface area (Å²) in [5.41, 5.74) is 6.37. The summed E-state index contributed by atoms with van der Waals surface area (Å²) in [6, 6.07) is 21.5. The molecule has 2 amide bonds. The van der Waals surface area contributed by atoms with Crippen LogP contribution in [0.15, 0.2) is 91.9 Å². The predicted molar refractivity (Wildman–Crippen MR) is 137 cm³/mol. The Hall–Kier alpha value is -3.50. The highest BCUT2D eigenvalue weighted by molar-refractivity contribution is 9.10. The molecule has 3 rings (SSSR count). The van der Waals surface area contributed by atoms with Gasteiger partial charge in [-0.25, -0.2) is 10.9 Å². The van der Waals surface area contributed by atoms with E-state index in [0.29, 0.717) is 11.5 Å². The Morgan fingerprint density at radius 3 is 1.35 bits per heavy atom. The van der Waals surface area contributed by atoms with Crippen LogP contribution in [0, 0.1) is 0 Å². The number of carbonyl (C=O) groups excluding carboxylic acids is 2. The van der Waals surface area contributed by atoms with Gasteiger partial charge in [0.2, 0.25) is 0 Å². The molecule has 0 fully saturated rings. The first-order valence-electron chi connectivity index (χ1n) is 9.98. The number of hydrogen-bond acceptors (Lipinski definition) is 6. The summed E-state index contributed by atoms with van der Waals surface area (Å²) in [7, 11) is 0. The third-order valence-corrected chi connectivity index (χ3v) is 5.17. The van der Waals surface area contributed by atoms with Crippen LogP contribution in [0.3, 0.4) is 0 Å². The van der Waals surface area contributed by atoms with Gasteiger partial charge >= 0.3 is 0 Å². The van der Waals surface area contributed by atoms with E-state index >= 15 is 0 Å². The van der Waals surface area contributed by atoms with Crippen molar-refractivity contribution >= 4 is 56.1 Å². The van der Waals surface area contributed by atoms with Crippen molar-refractivity contribution in [3.8, 4) is 11.5 Å². The molecule has 3 aromatic carbocycles. The average molecular weight is 588 g/mol. The highest BCUT2D eigenvalue weighted by Crippen LogP contribution is 2.16. The first-order chi connectivity index (χ1) is 16.5. The molecule has 0 aliphatic carbocycles. The second-order valence-corrected chi connectivity index (χ2v) is 8.57. The van der Waals surface area contributed by atoms with Gasteiger partial charge in [-0.2, -0.15) is 10.2 Å². The fourth-order valence-corrected chi connectivity index (χ4v) is 2.98. The summed E-state index contributed by atoms with van der Waals surface area (Å²) in [6.07, 6.45) is 3.03. The molecule has 0 spiro atoms. The van der Waals surface area contributed by atoms with Gasteiger partial charge in [0.05, 0.1) is 12.4 Å². The number of hydrogen-bond donors (Lipinski definition) is 2. The van der Waals surface area contributed by atoms with Crippen LogP contribution in [0.1, 0.15) is 11.1 Å². The van der Waals surface area contributed by atoms with Gasteiger partial charge in [-0.15, -0.1) is 0 Å². The van der Waals surface area contributed by atoms with Crippen LogP contribution in [0.2, 0.25) is 0 Å². The van der Waals surface area contributed by atoms with Crippen LogP contribution in [0.5, 0.6) is 11.5 Å². The molecule has 0 radical (unpaired) electrons. The zero-order chi connectivity index (χ0) is 24.2. The smallest absolute Gasteiger partial charge is 0.277 e. The Kier molecular flexibility index (Phi) is 9.80. The molecule has 2 N–H and O–H groups in total. The van der Waals surface area contributed by atoms with Gasteiger partial charge in [0.1, 0.15) is 11.5 Å². The van der Waals surface area contributed by atoms with E-state index in [0.717, 1.165) is 20.1 Å². The number of benzene rings is 3. The maximum Gasteiger partial charge on any atom is 0.277 e. The van der Waals surface area contributed by atoms with E-state index < -0.39 is 0 Å². The molecule has 0 saturated carbocycles. The molecule has 0 unspecified atom stereocenters. The standard InChI is InChI=1S/C24H20Br2N4O4/c25-19-5-9-21(10-6-19)33-15-23(31)29-27-13-17-1-2-18(4-3-17)14-28-30-24(32)16-34-22-11-7-20(26)8-12-22/h1-14H,15-16H2,(H,29,31)(H,30,32)/b27-13+,28-14+. The number of rotatable bonds is 10. The summed E-state index contributed by atoms with van der Waals surface area (Å²) >= 11 is 6.67. The molecular weight excluding hydrogens is 568 g/mol. The molecule has 0 heterocycles. The van der Waals surface area contributed by atoms with Crippen molar-refractivity contribution < 1.29 is 19.1 Å². The van der Waals surface area contributed by atoms with Crippen LogP contribution < -0.4 is 20.3 Å². The third-order valence-electron chi connectivity index (χ3n) is 4.11. The van der Waals surface area contributed by atoms with E-state index in [-0.39, 0.29) is 25.0 Å². The molecule has 0 aliphatic rings. The molecule has 10 heteroatoms. The molecule has 8 nitrogen and oxygen atoms in total. The number of nitrogens with zero attached hydrogens (tertiary/aromatic N) is 2. The van der Waals surface area contributed by atoms with Crippen molar-refractivity contribution in [3.05, 3.63) is 92.9 Å². The second-order valence-electron chi connectivity index (χ2n) is 6.74. The molecular formula is C24H20Br2N4O4. The van der Waals surface area contributed by atoms with Crippen molar-refractivity contribution in [1.29, 1.82) is 0 Å². The van der Waals surface area contributed by atoms with E-state index in [9.17, 15) is 9.59 Å². The zero-order valence-corrected chi connectivity index (χ0v) is 21.0. The summed E-state index contributed by atoms with van der Waals surface area (Å²) in [4.78, 5) is 23.6. The lowest BCUT2D eigenvalue weighted by Crippen LogP contribution is -2.24. The fourth-order valence-electron chi connectivity index (χ4n) is 2.45. The molecule has 0 aliphatic heterocycles. The Morgan fingerprint density at radius 1 is 0.647 bits per heavy atom. The molecule has 0 atom stereocenters. The van der Waals surface area contributed by atoms with Crippen LogP contribution in [-0.2, 0) is 9.59 Å². The lowest BCUT2D eigenvalue weighted by molar-refractivity contribution is -0.123. The number of halogens is 2. The van der Waals surface area contributed by atoms with Crippen molar-refractivity contribution in [2.45, 2.75) is 0 Å². The molecule has 174 valence electrons. The molecule has 0 saturated heterocycles. The maximum absolute atomic E-state index is 11.8. The van der Waals surface area contributed by atoms with Crippen LogP contribution in [-0.4, -0.2) is 37.5 Å². The summed E-state index contributed by atoms with van der Waals surface area (Å²) in [5.74, 6) is 0.436. The number of hydrazone groups is 2. The van der Waals surface area contributed by atoms with E-state index in [1.54, 1.807) is 48.5 Å². The number of amides is 2. The lowest BCUT2D eigenvalue weighted by atomic mass is 10.2. The predicted octanol–water partition coefficient (Wildman–Crippen LogP) is 4.27. The number of carbonyl (C=O) groups is 2. The van der Waals surface area contributed by atoms with Gasteiger partial charge in [-0.3, -0.25) is 9.59 Å². The number of ether oxygens (including phenoxy) is 2.